The van der Waals surface area contributed by atoms with E-state index in [1.54, 1.807) is 0 Å². The molecular weight excluding hydrogens is 268 g/mol. The third kappa shape index (κ3) is 3.16. The average molecular weight is 296 g/mol. The normalized spacial score (nSPS) is 29.3. The smallest absolute Gasteiger partial charge is 0.320 e. The van der Waals surface area contributed by atoms with Gasteiger partial charge in [-0.25, -0.2) is 4.79 Å². The third-order valence-electron chi connectivity index (χ3n) is 5.51. The van der Waals surface area contributed by atoms with Crippen molar-refractivity contribution in [2.45, 2.75) is 58.9 Å². The second-order valence-electron chi connectivity index (χ2n) is 6.88. The number of nitrogens with zero attached hydrogens (tertiary/aromatic N) is 2. The summed E-state index contributed by atoms with van der Waals surface area (Å²) < 4.78 is 0. The lowest BCUT2D eigenvalue weighted by molar-refractivity contribution is -0.152. The molecule has 1 N–H and O–H groups in total. The highest BCUT2D eigenvalue weighted by molar-refractivity contribution is 5.77. The summed E-state index contributed by atoms with van der Waals surface area (Å²) in [6.07, 6.45) is 3.92. The first kappa shape index (κ1) is 16.1. The monoisotopic (exact) mass is 296 g/mol. The van der Waals surface area contributed by atoms with Crippen molar-refractivity contribution in [1.82, 2.24) is 9.80 Å². The van der Waals surface area contributed by atoms with Crippen LogP contribution in [0.1, 0.15) is 52.9 Å². The highest BCUT2D eigenvalue weighted by atomic mass is 16.4. The van der Waals surface area contributed by atoms with Crippen LogP contribution in [0.25, 0.3) is 0 Å². The maximum atomic E-state index is 12.6. The van der Waals surface area contributed by atoms with E-state index in [-0.39, 0.29) is 6.03 Å². The van der Waals surface area contributed by atoms with Crippen LogP contribution < -0.4 is 0 Å². The highest BCUT2D eigenvalue weighted by Crippen LogP contribution is 2.36. The van der Waals surface area contributed by atoms with Crippen LogP contribution in [0.5, 0.6) is 0 Å². The first-order valence-corrected chi connectivity index (χ1v) is 8.18. The summed E-state index contributed by atoms with van der Waals surface area (Å²) in [7, 11) is 0. The van der Waals surface area contributed by atoms with Gasteiger partial charge in [0.1, 0.15) is 0 Å². The van der Waals surface area contributed by atoms with Gasteiger partial charge in [0.25, 0.3) is 0 Å². The Bertz CT molecular complexity index is 402. The van der Waals surface area contributed by atoms with Crippen LogP contribution in [0.3, 0.4) is 0 Å². The fourth-order valence-electron chi connectivity index (χ4n) is 3.72. The van der Waals surface area contributed by atoms with Crippen molar-refractivity contribution >= 4 is 12.0 Å². The Morgan fingerprint density at radius 2 is 1.81 bits per heavy atom. The Morgan fingerprint density at radius 1 is 1.19 bits per heavy atom. The molecule has 2 atom stereocenters. The summed E-state index contributed by atoms with van der Waals surface area (Å²) in [4.78, 5) is 27.9. The summed E-state index contributed by atoms with van der Waals surface area (Å²) in [6.45, 7) is 8.25. The van der Waals surface area contributed by atoms with Gasteiger partial charge in [0.05, 0.1) is 5.41 Å². The van der Waals surface area contributed by atoms with Crippen molar-refractivity contribution in [2.75, 3.05) is 19.6 Å². The van der Waals surface area contributed by atoms with Crippen LogP contribution in [-0.2, 0) is 4.79 Å². The van der Waals surface area contributed by atoms with E-state index < -0.39 is 11.4 Å². The van der Waals surface area contributed by atoms with Gasteiger partial charge < -0.3 is 14.9 Å². The molecule has 2 heterocycles. The van der Waals surface area contributed by atoms with Crippen molar-refractivity contribution in [3.05, 3.63) is 0 Å². The van der Waals surface area contributed by atoms with Crippen LogP contribution in [0.2, 0.25) is 0 Å². The summed E-state index contributed by atoms with van der Waals surface area (Å²) in [5, 5.41) is 9.42. The van der Waals surface area contributed by atoms with Gasteiger partial charge in [0.2, 0.25) is 0 Å². The van der Waals surface area contributed by atoms with Crippen molar-refractivity contribution in [3.8, 4) is 0 Å². The van der Waals surface area contributed by atoms with Crippen LogP contribution >= 0.6 is 0 Å². The van der Waals surface area contributed by atoms with Gasteiger partial charge >= 0.3 is 12.0 Å². The first-order valence-electron chi connectivity index (χ1n) is 8.18. The van der Waals surface area contributed by atoms with E-state index in [0.717, 1.165) is 19.4 Å². The van der Waals surface area contributed by atoms with Gasteiger partial charge in [-0.05, 0) is 44.9 Å². The number of rotatable bonds is 2. The van der Waals surface area contributed by atoms with Crippen molar-refractivity contribution < 1.29 is 14.7 Å². The molecule has 0 aliphatic carbocycles. The number of carboxylic acid groups (broad SMARTS) is 1. The quantitative estimate of drug-likeness (QED) is 0.852. The second-order valence-corrected chi connectivity index (χ2v) is 6.88. The van der Waals surface area contributed by atoms with E-state index in [1.165, 1.54) is 0 Å². The zero-order chi connectivity index (χ0) is 15.6. The molecular formula is C16H28N2O3. The first-order chi connectivity index (χ1) is 9.89. The molecule has 0 spiro atoms. The number of amides is 2. The molecule has 0 radical (unpaired) electrons. The Kier molecular flexibility index (Phi) is 4.79. The molecule has 5 heteroatoms. The minimum Gasteiger partial charge on any atom is -0.481 e. The average Bonchev–Trinajstić information content (AvgIpc) is 2.46. The van der Waals surface area contributed by atoms with Crippen LogP contribution in [0.4, 0.5) is 4.79 Å². The van der Waals surface area contributed by atoms with E-state index in [0.29, 0.717) is 44.3 Å². The van der Waals surface area contributed by atoms with E-state index in [1.807, 2.05) is 16.7 Å². The van der Waals surface area contributed by atoms with E-state index in [2.05, 4.69) is 13.8 Å². The Morgan fingerprint density at radius 3 is 2.29 bits per heavy atom. The number of carbonyl (C=O) groups excluding carboxylic acids is 1. The molecule has 2 amide bonds. The van der Waals surface area contributed by atoms with E-state index in [9.17, 15) is 14.7 Å². The summed E-state index contributed by atoms with van der Waals surface area (Å²) >= 11 is 0. The lowest BCUT2D eigenvalue weighted by atomic mass is 9.76. The number of piperidine rings is 2. The van der Waals surface area contributed by atoms with Crippen LogP contribution in [0.15, 0.2) is 0 Å². The maximum absolute atomic E-state index is 12.6. The lowest BCUT2D eigenvalue weighted by Gasteiger charge is -2.43. The number of carbonyl (C=O) groups is 2. The predicted molar refractivity (Wildman–Crippen MR) is 81.1 cm³/mol. The van der Waals surface area contributed by atoms with Gasteiger partial charge in [0, 0.05) is 25.7 Å². The maximum Gasteiger partial charge on any atom is 0.320 e. The molecule has 2 aliphatic heterocycles. The lowest BCUT2D eigenvalue weighted by Crippen LogP contribution is -2.54. The molecule has 2 saturated heterocycles. The fraction of sp³-hybridized carbons (Fsp3) is 0.875. The largest absolute Gasteiger partial charge is 0.481 e. The number of urea groups is 1. The predicted octanol–water partition coefficient (Wildman–Crippen LogP) is 2.80. The number of hydrogen-bond acceptors (Lipinski definition) is 2. The molecule has 2 rings (SSSR count). The SMILES string of the molecule is CCC1(C(=O)O)CCN(C(=O)N2CCC(C)CC2C)CC1. The summed E-state index contributed by atoms with van der Waals surface area (Å²) in [5.41, 5.74) is -0.626. The van der Waals surface area contributed by atoms with E-state index >= 15 is 0 Å². The Balaban J connectivity index is 1.96. The van der Waals surface area contributed by atoms with Crippen LogP contribution in [0, 0.1) is 11.3 Å². The van der Waals surface area contributed by atoms with Crippen LogP contribution in [-0.4, -0.2) is 52.6 Å². The molecule has 0 aromatic rings. The summed E-state index contributed by atoms with van der Waals surface area (Å²) in [6, 6.07) is 0.392. The number of likely N-dealkylation sites (tertiary alicyclic amines) is 2. The molecule has 2 fully saturated rings. The molecule has 0 aromatic heterocycles. The Hall–Kier alpha value is -1.26. The van der Waals surface area contributed by atoms with Gasteiger partial charge in [-0.2, -0.15) is 0 Å². The van der Waals surface area contributed by atoms with Crippen molar-refractivity contribution in [1.29, 1.82) is 0 Å². The number of hydrogen-bond donors (Lipinski definition) is 1. The molecule has 0 bridgehead atoms. The minimum atomic E-state index is -0.711. The number of aliphatic carboxylic acids is 1. The molecule has 120 valence electrons. The molecule has 5 nitrogen and oxygen atoms in total. The van der Waals surface area contributed by atoms with Gasteiger partial charge in [-0.1, -0.05) is 13.8 Å². The minimum absolute atomic E-state index is 0.101. The molecule has 2 aliphatic rings. The molecule has 0 aromatic carbocycles. The zero-order valence-corrected chi connectivity index (χ0v) is 13.5. The molecule has 2 unspecified atom stereocenters. The van der Waals surface area contributed by atoms with Crippen molar-refractivity contribution in [2.24, 2.45) is 11.3 Å². The van der Waals surface area contributed by atoms with Gasteiger partial charge in [-0.3, -0.25) is 4.79 Å². The fourth-order valence-corrected chi connectivity index (χ4v) is 3.72. The standard InChI is InChI=1S/C16H28N2O3/c1-4-16(14(19)20)6-9-17(10-7-16)15(21)18-8-5-12(2)11-13(18)3/h12-13H,4-11H2,1-3H3,(H,19,20). The molecule has 0 saturated carbocycles. The number of carboxylic acids is 1. The van der Waals surface area contributed by atoms with E-state index in [4.69, 9.17) is 0 Å². The Labute approximate surface area is 127 Å². The third-order valence-corrected chi connectivity index (χ3v) is 5.51. The summed E-state index contributed by atoms with van der Waals surface area (Å²) in [5.74, 6) is -0.0255. The highest BCUT2D eigenvalue weighted by Gasteiger charge is 2.42. The van der Waals surface area contributed by atoms with Gasteiger partial charge in [0.15, 0.2) is 0 Å². The topological polar surface area (TPSA) is 60.9 Å². The van der Waals surface area contributed by atoms with Gasteiger partial charge in [-0.15, -0.1) is 0 Å². The zero-order valence-electron chi connectivity index (χ0n) is 13.5. The second kappa shape index (κ2) is 6.24. The van der Waals surface area contributed by atoms with Crippen molar-refractivity contribution in [3.63, 3.8) is 0 Å². The molecule has 21 heavy (non-hydrogen) atoms.